The molecule has 8 heteroatoms. The average molecular weight is 282 g/mol. The van der Waals surface area contributed by atoms with E-state index in [1.165, 1.54) is 6.07 Å². The molecule has 0 fully saturated rings. The first-order chi connectivity index (χ1) is 8.67. The van der Waals surface area contributed by atoms with E-state index in [0.29, 0.717) is 5.76 Å². The van der Waals surface area contributed by atoms with Crippen LogP contribution in [0.4, 0.5) is 0 Å². The second-order valence-electron chi connectivity index (χ2n) is 5.72. The Hall–Kier alpha value is -1.63. The van der Waals surface area contributed by atoms with E-state index in [9.17, 15) is 4.79 Å². The molecule has 19 heavy (non-hydrogen) atoms. The van der Waals surface area contributed by atoms with Gasteiger partial charge in [-0.15, -0.1) is 0 Å². The zero-order valence-corrected chi connectivity index (χ0v) is 12.8. The van der Waals surface area contributed by atoms with Gasteiger partial charge in [-0.05, 0) is 28.8 Å². The van der Waals surface area contributed by atoms with Crippen molar-refractivity contribution in [1.82, 2.24) is 5.16 Å². The number of hydrogen-bond donors (Lipinski definition) is 0. The van der Waals surface area contributed by atoms with Crippen molar-refractivity contribution in [3.05, 3.63) is 28.0 Å². The van der Waals surface area contributed by atoms with Crippen LogP contribution in [0.3, 0.4) is 0 Å². The smallest absolute Gasteiger partial charge is 0.270 e. The molecule has 0 N–H and O–H groups in total. The molecular formula is C11H18N4O3Si. The summed E-state index contributed by atoms with van der Waals surface area (Å²) in [4.78, 5) is 13.7. The number of azide groups is 1. The van der Waals surface area contributed by atoms with Crippen molar-refractivity contribution < 1.29 is 13.7 Å². The van der Waals surface area contributed by atoms with Gasteiger partial charge in [-0.3, -0.25) is 4.79 Å². The number of carbonyl (C=O) groups excluding carboxylic acids is 1. The summed E-state index contributed by atoms with van der Waals surface area (Å²) in [7, 11) is -1.88. The molecule has 1 aromatic rings. The number of aromatic nitrogens is 1. The molecule has 0 bridgehead atoms. The van der Waals surface area contributed by atoms with Gasteiger partial charge in [0, 0.05) is 11.0 Å². The minimum absolute atomic E-state index is 0.00775. The lowest BCUT2D eigenvalue weighted by molar-refractivity contribution is 0.0991. The maximum atomic E-state index is 11.2. The second kappa shape index (κ2) is 5.56. The highest BCUT2D eigenvalue weighted by Crippen LogP contribution is 2.37. The van der Waals surface area contributed by atoms with Crippen LogP contribution in [0, 0.1) is 0 Å². The van der Waals surface area contributed by atoms with Gasteiger partial charge in [0.25, 0.3) is 5.91 Å². The first kappa shape index (κ1) is 15.4. The third-order valence-electron chi connectivity index (χ3n) is 3.30. The molecule has 0 spiro atoms. The third-order valence-corrected chi connectivity index (χ3v) is 7.77. The van der Waals surface area contributed by atoms with Crippen molar-refractivity contribution in [3.8, 4) is 0 Å². The summed E-state index contributed by atoms with van der Waals surface area (Å²) >= 11 is 0. The number of nitrogens with zero attached hydrogens (tertiary/aromatic N) is 4. The molecule has 0 saturated carbocycles. The van der Waals surface area contributed by atoms with Crippen molar-refractivity contribution >= 4 is 14.2 Å². The Morgan fingerprint density at radius 1 is 1.58 bits per heavy atom. The molecule has 104 valence electrons. The van der Waals surface area contributed by atoms with E-state index in [2.05, 4.69) is 49.0 Å². The van der Waals surface area contributed by atoms with Gasteiger partial charge in [0.05, 0.1) is 6.61 Å². The first-order valence-corrected chi connectivity index (χ1v) is 8.77. The predicted molar refractivity (Wildman–Crippen MR) is 72.0 cm³/mol. The summed E-state index contributed by atoms with van der Waals surface area (Å²) in [5.41, 5.74) is 8.16. The molecule has 0 saturated heterocycles. The Kier molecular flexibility index (Phi) is 4.51. The van der Waals surface area contributed by atoms with E-state index in [4.69, 9.17) is 14.5 Å². The van der Waals surface area contributed by atoms with Gasteiger partial charge in [-0.25, -0.2) is 0 Å². The van der Waals surface area contributed by atoms with Gasteiger partial charge in [-0.1, -0.05) is 25.9 Å². The molecule has 1 aromatic heterocycles. The van der Waals surface area contributed by atoms with Gasteiger partial charge >= 0.3 is 0 Å². The van der Waals surface area contributed by atoms with E-state index < -0.39 is 14.2 Å². The highest BCUT2D eigenvalue weighted by Gasteiger charge is 2.37. The fourth-order valence-electron chi connectivity index (χ4n) is 1.04. The summed E-state index contributed by atoms with van der Waals surface area (Å²) in [5, 5.41) is 6.58. The third kappa shape index (κ3) is 3.92. The van der Waals surface area contributed by atoms with E-state index in [0.717, 1.165) is 0 Å². The molecular weight excluding hydrogens is 264 g/mol. The predicted octanol–water partition coefficient (Wildman–Crippen LogP) is 3.65. The molecule has 0 aromatic carbocycles. The Balaban J connectivity index is 2.70. The summed E-state index contributed by atoms with van der Waals surface area (Å²) in [6.07, 6.45) is 0. The largest absolute Gasteiger partial charge is 0.409 e. The highest BCUT2D eigenvalue weighted by molar-refractivity contribution is 6.74. The van der Waals surface area contributed by atoms with Crippen molar-refractivity contribution in [3.63, 3.8) is 0 Å². The average Bonchev–Trinajstić information content (AvgIpc) is 2.74. The van der Waals surface area contributed by atoms with Crippen LogP contribution in [-0.4, -0.2) is 19.4 Å². The second-order valence-corrected chi connectivity index (χ2v) is 10.5. The maximum Gasteiger partial charge on any atom is 0.270 e. The normalized spacial score (nSPS) is 12.1. The zero-order chi connectivity index (χ0) is 14.7. The van der Waals surface area contributed by atoms with Crippen LogP contribution in [0.2, 0.25) is 18.1 Å². The molecule has 0 aliphatic heterocycles. The van der Waals surface area contributed by atoms with Crippen LogP contribution in [0.25, 0.3) is 10.4 Å². The van der Waals surface area contributed by atoms with Crippen LogP contribution >= 0.6 is 0 Å². The molecule has 0 unspecified atom stereocenters. The lowest BCUT2D eigenvalue weighted by atomic mass is 10.2. The van der Waals surface area contributed by atoms with Gasteiger partial charge in [0.15, 0.2) is 19.8 Å². The van der Waals surface area contributed by atoms with Crippen LogP contribution < -0.4 is 0 Å². The van der Waals surface area contributed by atoms with E-state index in [1.54, 1.807) is 0 Å². The van der Waals surface area contributed by atoms with Crippen LogP contribution in [0.5, 0.6) is 0 Å². The van der Waals surface area contributed by atoms with Crippen LogP contribution in [-0.2, 0) is 11.0 Å². The van der Waals surface area contributed by atoms with Crippen molar-refractivity contribution in [2.45, 2.75) is 45.5 Å². The Labute approximate surface area is 112 Å². The van der Waals surface area contributed by atoms with E-state index in [1.807, 2.05) is 0 Å². The fraction of sp³-hybridized carbons (Fsp3) is 0.636. The molecule has 0 aliphatic carbocycles. The van der Waals surface area contributed by atoms with Gasteiger partial charge in [0.2, 0.25) is 0 Å². The Morgan fingerprint density at radius 3 is 2.74 bits per heavy atom. The van der Waals surface area contributed by atoms with E-state index >= 15 is 0 Å². The molecule has 0 aliphatic rings. The topological polar surface area (TPSA) is 101 Å². The summed E-state index contributed by atoms with van der Waals surface area (Å²) < 4.78 is 10.9. The standard InChI is InChI=1S/C11H18N4O3Si/c1-11(2,3)19(4,5)17-7-8-6-9(14-18-8)10(16)13-15-12/h6H,7H2,1-5H3. The molecule has 0 radical (unpaired) electrons. The lowest BCUT2D eigenvalue weighted by Gasteiger charge is -2.35. The van der Waals surface area contributed by atoms with Crippen molar-refractivity contribution in [1.29, 1.82) is 0 Å². The van der Waals surface area contributed by atoms with Crippen molar-refractivity contribution in [2.24, 2.45) is 5.11 Å². The van der Waals surface area contributed by atoms with Crippen LogP contribution in [0.1, 0.15) is 37.0 Å². The molecule has 1 rings (SSSR count). The molecule has 0 atom stereocenters. The van der Waals surface area contributed by atoms with Crippen molar-refractivity contribution in [2.75, 3.05) is 0 Å². The summed E-state index contributed by atoms with van der Waals surface area (Å²) in [5.74, 6) is -0.314. The minimum atomic E-state index is -1.88. The number of hydrogen-bond acceptors (Lipinski definition) is 4. The quantitative estimate of drug-likeness (QED) is 0.364. The monoisotopic (exact) mass is 282 g/mol. The molecule has 1 amide bonds. The first-order valence-electron chi connectivity index (χ1n) is 5.86. The highest BCUT2D eigenvalue weighted by atomic mass is 28.4. The van der Waals surface area contributed by atoms with E-state index in [-0.39, 0.29) is 17.3 Å². The summed E-state index contributed by atoms with van der Waals surface area (Å²) in [6.45, 7) is 10.9. The number of carbonyl (C=O) groups is 1. The Bertz CT molecular complexity index is 512. The van der Waals surface area contributed by atoms with Gasteiger partial charge < -0.3 is 8.95 Å². The SMILES string of the molecule is CC(C)(C)[Si](C)(C)OCc1cc(C(=O)N=[N+]=[N-])no1. The summed E-state index contributed by atoms with van der Waals surface area (Å²) in [6, 6.07) is 1.43. The maximum absolute atomic E-state index is 11.2. The fourth-order valence-corrected chi connectivity index (χ4v) is 1.98. The van der Waals surface area contributed by atoms with Gasteiger partial charge in [0.1, 0.15) is 0 Å². The molecule has 7 nitrogen and oxygen atoms in total. The van der Waals surface area contributed by atoms with Gasteiger partial charge in [-0.2, -0.15) is 0 Å². The lowest BCUT2D eigenvalue weighted by Crippen LogP contribution is -2.40. The van der Waals surface area contributed by atoms with Crippen LogP contribution in [0.15, 0.2) is 15.7 Å². The number of amides is 1. The minimum Gasteiger partial charge on any atom is -0.409 e. The zero-order valence-electron chi connectivity index (χ0n) is 11.8. The molecule has 1 heterocycles. The Morgan fingerprint density at radius 2 is 2.21 bits per heavy atom. The number of rotatable bonds is 4.